The summed E-state index contributed by atoms with van der Waals surface area (Å²) in [6, 6.07) is 0.938. The standard InChI is InChI=1S/C11H11ClF3NO2/c1-2-18-9(17)4-7-6(5-12)3-8(13)16-10(7)11(14)15/h3,11H,2,4-5H2,1H3. The molecule has 0 aliphatic heterocycles. The van der Waals surface area contributed by atoms with E-state index in [0.29, 0.717) is 0 Å². The van der Waals surface area contributed by atoms with Crippen LogP contribution >= 0.6 is 11.6 Å². The van der Waals surface area contributed by atoms with Crippen LogP contribution in [0.3, 0.4) is 0 Å². The monoisotopic (exact) mass is 281 g/mol. The normalized spacial score (nSPS) is 10.8. The van der Waals surface area contributed by atoms with Crippen LogP contribution in [-0.4, -0.2) is 17.6 Å². The lowest BCUT2D eigenvalue weighted by Crippen LogP contribution is -2.13. The van der Waals surface area contributed by atoms with E-state index in [-0.39, 0.29) is 23.6 Å². The van der Waals surface area contributed by atoms with Crippen LogP contribution in [0.25, 0.3) is 0 Å². The summed E-state index contributed by atoms with van der Waals surface area (Å²) in [5, 5.41) is 0. The van der Waals surface area contributed by atoms with Crippen LogP contribution in [-0.2, 0) is 21.8 Å². The summed E-state index contributed by atoms with van der Waals surface area (Å²) in [4.78, 5) is 14.4. The zero-order chi connectivity index (χ0) is 13.7. The van der Waals surface area contributed by atoms with Crippen molar-refractivity contribution in [3.05, 3.63) is 28.8 Å². The van der Waals surface area contributed by atoms with Crippen molar-refractivity contribution >= 4 is 17.6 Å². The van der Waals surface area contributed by atoms with Crippen LogP contribution in [0.15, 0.2) is 6.07 Å². The fourth-order valence-corrected chi connectivity index (χ4v) is 1.71. The summed E-state index contributed by atoms with van der Waals surface area (Å²) in [7, 11) is 0. The number of carbonyl (C=O) groups is 1. The van der Waals surface area contributed by atoms with E-state index in [1.54, 1.807) is 6.92 Å². The third-order valence-corrected chi connectivity index (χ3v) is 2.48. The lowest BCUT2D eigenvalue weighted by molar-refractivity contribution is -0.142. The van der Waals surface area contributed by atoms with Crippen LogP contribution < -0.4 is 0 Å². The minimum atomic E-state index is -2.98. The molecule has 0 aliphatic rings. The SMILES string of the molecule is CCOC(=O)Cc1c(CCl)cc(F)nc1C(F)F. The number of rotatable bonds is 5. The molecule has 1 aromatic heterocycles. The molecule has 7 heteroatoms. The Morgan fingerprint density at radius 3 is 2.72 bits per heavy atom. The van der Waals surface area contributed by atoms with Crippen molar-refractivity contribution in [1.29, 1.82) is 0 Å². The van der Waals surface area contributed by atoms with Crippen LogP contribution in [0.2, 0.25) is 0 Å². The molecule has 0 spiro atoms. The van der Waals surface area contributed by atoms with Crippen molar-refractivity contribution in [1.82, 2.24) is 4.98 Å². The summed E-state index contributed by atoms with van der Waals surface area (Å²) in [5.74, 6) is -1.92. The number of carbonyl (C=O) groups excluding carboxylic acids is 1. The first-order valence-electron chi connectivity index (χ1n) is 5.17. The quantitative estimate of drug-likeness (QED) is 0.473. The molecule has 1 rings (SSSR count). The van der Waals surface area contributed by atoms with Crippen LogP contribution in [0, 0.1) is 5.95 Å². The van der Waals surface area contributed by atoms with Crippen LogP contribution in [0.4, 0.5) is 13.2 Å². The van der Waals surface area contributed by atoms with Crippen LogP contribution in [0.5, 0.6) is 0 Å². The Labute approximate surface area is 107 Å². The van der Waals surface area contributed by atoms with Gasteiger partial charge in [-0.1, -0.05) is 0 Å². The zero-order valence-corrected chi connectivity index (χ0v) is 10.3. The first kappa shape index (κ1) is 14.8. The number of aromatic nitrogens is 1. The summed E-state index contributed by atoms with van der Waals surface area (Å²) in [6.45, 7) is 1.73. The molecular weight excluding hydrogens is 271 g/mol. The number of alkyl halides is 3. The molecule has 0 saturated carbocycles. The molecule has 0 bridgehead atoms. The van der Waals surface area contributed by atoms with Gasteiger partial charge in [0.2, 0.25) is 5.95 Å². The second-order valence-corrected chi connectivity index (χ2v) is 3.65. The van der Waals surface area contributed by atoms with Gasteiger partial charge in [-0.05, 0) is 24.1 Å². The molecule has 0 aliphatic carbocycles. The number of pyridine rings is 1. The third kappa shape index (κ3) is 3.60. The second kappa shape index (κ2) is 6.58. The predicted molar refractivity (Wildman–Crippen MR) is 59.0 cm³/mol. The van der Waals surface area contributed by atoms with Gasteiger partial charge in [0.05, 0.1) is 13.0 Å². The molecular formula is C11H11ClF3NO2. The van der Waals surface area contributed by atoms with E-state index in [1.165, 1.54) is 0 Å². The van der Waals surface area contributed by atoms with Crippen molar-refractivity contribution < 1.29 is 22.7 Å². The Balaban J connectivity index is 3.16. The number of nitrogens with zero attached hydrogens (tertiary/aromatic N) is 1. The van der Waals surface area contributed by atoms with Crippen molar-refractivity contribution in [2.24, 2.45) is 0 Å². The van der Waals surface area contributed by atoms with Crippen molar-refractivity contribution in [3.8, 4) is 0 Å². The maximum Gasteiger partial charge on any atom is 0.310 e. The van der Waals surface area contributed by atoms with E-state index in [9.17, 15) is 18.0 Å². The predicted octanol–water partition coefficient (Wildman–Crippen LogP) is 3.00. The van der Waals surface area contributed by atoms with Gasteiger partial charge >= 0.3 is 5.97 Å². The van der Waals surface area contributed by atoms with Gasteiger partial charge in [0, 0.05) is 5.88 Å². The second-order valence-electron chi connectivity index (χ2n) is 3.38. The maximum atomic E-state index is 13.0. The molecule has 0 saturated heterocycles. The molecule has 0 amide bonds. The molecule has 1 heterocycles. The molecule has 0 N–H and O–H groups in total. The Bertz CT molecular complexity index is 441. The van der Waals surface area contributed by atoms with Crippen molar-refractivity contribution in [2.75, 3.05) is 6.61 Å². The van der Waals surface area contributed by atoms with Gasteiger partial charge in [0.15, 0.2) is 0 Å². The lowest BCUT2D eigenvalue weighted by atomic mass is 10.0. The minimum Gasteiger partial charge on any atom is -0.466 e. The fraction of sp³-hybridized carbons (Fsp3) is 0.455. The molecule has 0 aromatic carbocycles. The molecule has 0 fully saturated rings. The summed E-state index contributed by atoms with van der Waals surface area (Å²) < 4.78 is 43.2. The highest BCUT2D eigenvalue weighted by atomic mass is 35.5. The average Bonchev–Trinajstić information content (AvgIpc) is 2.30. The third-order valence-electron chi connectivity index (χ3n) is 2.19. The molecule has 1 aromatic rings. The number of hydrogen-bond donors (Lipinski definition) is 0. The van der Waals surface area contributed by atoms with Gasteiger partial charge in [-0.2, -0.15) is 4.39 Å². The minimum absolute atomic E-state index is 0.0696. The van der Waals surface area contributed by atoms with Crippen molar-refractivity contribution in [3.63, 3.8) is 0 Å². The zero-order valence-electron chi connectivity index (χ0n) is 9.55. The van der Waals surface area contributed by atoms with Gasteiger partial charge in [0.25, 0.3) is 6.43 Å². The average molecular weight is 282 g/mol. The van der Waals surface area contributed by atoms with E-state index < -0.39 is 30.5 Å². The van der Waals surface area contributed by atoms with Gasteiger partial charge in [-0.15, -0.1) is 11.6 Å². The highest BCUT2D eigenvalue weighted by molar-refractivity contribution is 6.17. The van der Waals surface area contributed by atoms with Crippen molar-refractivity contribution in [2.45, 2.75) is 25.7 Å². The van der Waals surface area contributed by atoms with E-state index in [1.807, 2.05) is 0 Å². The van der Waals surface area contributed by atoms with E-state index >= 15 is 0 Å². The summed E-state index contributed by atoms with van der Waals surface area (Å²) in [5.41, 5.74) is -0.717. The summed E-state index contributed by atoms with van der Waals surface area (Å²) in [6.07, 6.45) is -3.38. The van der Waals surface area contributed by atoms with Gasteiger partial charge in [0.1, 0.15) is 5.69 Å². The molecule has 3 nitrogen and oxygen atoms in total. The van der Waals surface area contributed by atoms with Gasteiger partial charge in [-0.3, -0.25) is 4.79 Å². The molecule has 100 valence electrons. The largest absolute Gasteiger partial charge is 0.466 e. The maximum absolute atomic E-state index is 13.0. The summed E-state index contributed by atoms with van der Waals surface area (Å²) >= 11 is 5.55. The first-order chi connectivity index (χ1) is 8.49. The molecule has 0 atom stereocenters. The Kier molecular flexibility index (Phi) is 5.40. The fourth-order valence-electron chi connectivity index (χ4n) is 1.47. The van der Waals surface area contributed by atoms with Gasteiger partial charge < -0.3 is 4.74 Å². The Morgan fingerprint density at radius 2 is 2.22 bits per heavy atom. The van der Waals surface area contributed by atoms with E-state index in [2.05, 4.69) is 9.72 Å². The number of hydrogen-bond acceptors (Lipinski definition) is 3. The number of esters is 1. The Hall–Kier alpha value is -1.30. The molecule has 18 heavy (non-hydrogen) atoms. The number of halogens is 4. The highest BCUT2D eigenvalue weighted by Gasteiger charge is 2.22. The topological polar surface area (TPSA) is 39.2 Å². The van der Waals surface area contributed by atoms with Gasteiger partial charge in [-0.25, -0.2) is 13.8 Å². The lowest BCUT2D eigenvalue weighted by Gasteiger charge is -2.12. The number of ether oxygens (including phenoxy) is 1. The highest BCUT2D eigenvalue weighted by Crippen LogP contribution is 2.26. The Morgan fingerprint density at radius 1 is 1.56 bits per heavy atom. The first-order valence-corrected chi connectivity index (χ1v) is 5.71. The van der Waals surface area contributed by atoms with E-state index in [0.717, 1.165) is 6.07 Å². The molecule has 0 unspecified atom stereocenters. The smallest absolute Gasteiger partial charge is 0.310 e. The molecule has 0 radical (unpaired) electrons. The van der Waals surface area contributed by atoms with Crippen LogP contribution in [0.1, 0.15) is 30.2 Å². The van der Waals surface area contributed by atoms with E-state index in [4.69, 9.17) is 11.6 Å².